The van der Waals surface area contributed by atoms with Crippen LogP contribution in [0.15, 0.2) is 22.8 Å². The Morgan fingerprint density at radius 3 is 3.00 bits per heavy atom. The lowest BCUT2D eigenvalue weighted by Gasteiger charge is -2.40. The molecule has 3 rings (SSSR count). The van der Waals surface area contributed by atoms with Crippen LogP contribution >= 0.6 is 0 Å². The van der Waals surface area contributed by atoms with E-state index in [1.54, 1.807) is 13.2 Å². The van der Waals surface area contributed by atoms with Gasteiger partial charge in [-0.1, -0.05) is 0 Å². The number of furan rings is 1. The lowest BCUT2D eigenvalue weighted by atomic mass is 9.79. The first-order valence-corrected chi connectivity index (χ1v) is 7.17. The van der Waals surface area contributed by atoms with Crippen LogP contribution in [0.25, 0.3) is 0 Å². The SMILES string of the molecule is CC(=O)N1CCCC2(CCN(Cc3ccco3)C2)C1. The van der Waals surface area contributed by atoms with Gasteiger partial charge < -0.3 is 9.32 Å². The lowest BCUT2D eigenvalue weighted by molar-refractivity contribution is -0.132. The third kappa shape index (κ3) is 2.68. The Labute approximate surface area is 114 Å². The van der Waals surface area contributed by atoms with Crippen molar-refractivity contribution in [1.82, 2.24) is 9.80 Å². The Bertz CT molecular complexity index is 443. The van der Waals surface area contributed by atoms with Crippen LogP contribution in [-0.2, 0) is 11.3 Å². The molecule has 104 valence electrons. The monoisotopic (exact) mass is 262 g/mol. The fourth-order valence-electron chi connectivity index (χ4n) is 3.60. The zero-order chi connectivity index (χ0) is 13.3. The maximum absolute atomic E-state index is 11.6. The molecule has 1 atom stereocenters. The van der Waals surface area contributed by atoms with E-state index in [2.05, 4.69) is 4.90 Å². The molecular weight excluding hydrogens is 240 g/mol. The van der Waals surface area contributed by atoms with Crippen molar-refractivity contribution < 1.29 is 9.21 Å². The van der Waals surface area contributed by atoms with E-state index in [1.807, 2.05) is 17.0 Å². The van der Waals surface area contributed by atoms with Gasteiger partial charge in [0.2, 0.25) is 5.91 Å². The molecule has 0 N–H and O–H groups in total. The highest BCUT2D eigenvalue weighted by Gasteiger charge is 2.41. The van der Waals surface area contributed by atoms with Crippen molar-refractivity contribution in [3.05, 3.63) is 24.2 Å². The van der Waals surface area contributed by atoms with Crippen molar-refractivity contribution in [2.24, 2.45) is 5.41 Å². The summed E-state index contributed by atoms with van der Waals surface area (Å²) in [7, 11) is 0. The smallest absolute Gasteiger partial charge is 0.219 e. The summed E-state index contributed by atoms with van der Waals surface area (Å²) in [6.45, 7) is 6.68. The first kappa shape index (κ1) is 12.7. The second kappa shape index (κ2) is 5.00. The minimum Gasteiger partial charge on any atom is -0.468 e. The highest BCUT2D eigenvalue weighted by Crippen LogP contribution is 2.39. The molecule has 1 unspecified atom stereocenters. The Balaban J connectivity index is 1.62. The molecule has 1 aromatic heterocycles. The van der Waals surface area contributed by atoms with Crippen LogP contribution in [0.5, 0.6) is 0 Å². The largest absolute Gasteiger partial charge is 0.468 e. The third-order valence-corrected chi connectivity index (χ3v) is 4.58. The molecule has 0 aliphatic carbocycles. The van der Waals surface area contributed by atoms with E-state index in [0.717, 1.165) is 44.9 Å². The number of rotatable bonds is 2. The maximum Gasteiger partial charge on any atom is 0.219 e. The van der Waals surface area contributed by atoms with E-state index < -0.39 is 0 Å². The summed E-state index contributed by atoms with van der Waals surface area (Å²) < 4.78 is 5.42. The molecule has 2 aliphatic heterocycles. The molecule has 0 bridgehead atoms. The van der Waals surface area contributed by atoms with Crippen LogP contribution in [-0.4, -0.2) is 41.9 Å². The molecular formula is C15H22N2O2. The van der Waals surface area contributed by atoms with Crippen molar-refractivity contribution >= 4 is 5.91 Å². The van der Waals surface area contributed by atoms with Gasteiger partial charge in [0.25, 0.3) is 0 Å². The molecule has 2 saturated heterocycles. The molecule has 0 aromatic carbocycles. The summed E-state index contributed by atoms with van der Waals surface area (Å²) in [5.74, 6) is 1.26. The van der Waals surface area contributed by atoms with Gasteiger partial charge in [-0.05, 0) is 37.9 Å². The molecule has 0 saturated carbocycles. The zero-order valence-electron chi connectivity index (χ0n) is 11.6. The summed E-state index contributed by atoms with van der Waals surface area (Å²) >= 11 is 0. The van der Waals surface area contributed by atoms with Crippen molar-refractivity contribution in [2.45, 2.75) is 32.7 Å². The van der Waals surface area contributed by atoms with Gasteiger partial charge in [0, 0.05) is 32.0 Å². The molecule has 4 heteroatoms. The topological polar surface area (TPSA) is 36.7 Å². The number of carbonyl (C=O) groups excluding carboxylic acids is 1. The molecule has 2 fully saturated rings. The van der Waals surface area contributed by atoms with Crippen molar-refractivity contribution in [2.75, 3.05) is 26.2 Å². The van der Waals surface area contributed by atoms with Gasteiger partial charge >= 0.3 is 0 Å². The van der Waals surface area contributed by atoms with Crippen LogP contribution in [0.3, 0.4) is 0 Å². The van der Waals surface area contributed by atoms with Crippen LogP contribution in [0.1, 0.15) is 31.9 Å². The van der Waals surface area contributed by atoms with E-state index in [4.69, 9.17) is 4.42 Å². The molecule has 1 spiro atoms. The predicted octanol–water partition coefficient (Wildman–Crippen LogP) is 2.11. The van der Waals surface area contributed by atoms with Gasteiger partial charge in [0.1, 0.15) is 5.76 Å². The highest BCUT2D eigenvalue weighted by atomic mass is 16.3. The van der Waals surface area contributed by atoms with Gasteiger partial charge in [-0.2, -0.15) is 0 Å². The number of hydrogen-bond donors (Lipinski definition) is 0. The first-order valence-electron chi connectivity index (χ1n) is 7.17. The molecule has 1 aromatic rings. The molecule has 4 nitrogen and oxygen atoms in total. The number of nitrogens with zero attached hydrogens (tertiary/aromatic N) is 2. The number of hydrogen-bond acceptors (Lipinski definition) is 3. The van der Waals surface area contributed by atoms with Crippen LogP contribution in [0.2, 0.25) is 0 Å². The number of amides is 1. The van der Waals surface area contributed by atoms with Crippen LogP contribution < -0.4 is 0 Å². The van der Waals surface area contributed by atoms with Gasteiger partial charge in [-0.3, -0.25) is 9.69 Å². The average Bonchev–Trinajstić information content (AvgIpc) is 3.01. The van der Waals surface area contributed by atoms with E-state index in [-0.39, 0.29) is 5.91 Å². The fourth-order valence-corrected chi connectivity index (χ4v) is 3.60. The van der Waals surface area contributed by atoms with Gasteiger partial charge in [-0.15, -0.1) is 0 Å². The summed E-state index contributed by atoms with van der Waals surface area (Å²) in [5, 5.41) is 0. The van der Waals surface area contributed by atoms with Gasteiger partial charge in [0.05, 0.1) is 12.8 Å². The van der Waals surface area contributed by atoms with E-state index >= 15 is 0 Å². The second-order valence-corrected chi connectivity index (χ2v) is 6.08. The molecule has 2 aliphatic rings. The fraction of sp³-hybridized carbons (Fsp3) is 0.667. The third-order valence-electron chi connectivity index (χ3n) is 4.58. The summed E-state index contributed by atoms with van der Waals surface area (Å²) in [6, 6.07) is 3.98. The maximum atomic E-state index is 11.6. The number of carbonyl (C=O) groups is 1. The standard InChI is InChI=1S/C15H22N2O2/c1-13(18)17-7-3-5-15(12-17)6-8-16(11-15)10-14-4-2-9-19-14/h2,4,9H,3,5-8,10-12H2,1H3. The first-order chi connectivity index (χ1) is 9.17. The Kier molecular flexibility index (Phi) is 3.35. The minimum absolute atomic E-state index is 0.226. The summed E-state index contributed by atoms with van der Waals surface area (Å²) in [4.78, 5) is 16.1. The normalized spacial score (nSPS) is 28.2. The molecule has 0 radical (unpaired) electrons. The van der Waals surface area contributed by atoms with Crippen LogP contribution in [0.4, 0.5) is 0 Å². The zero-order valence-corrected chi connectivity index (χ0v) is 11.6. The quantitative estimate of drug-likeness (QED) is 0.819. The van der Waals surface area contributed by atoms with Crippen molar-refractivity contribution in [3.63, 3.8) is 0 Å². The van der Waals surface area contributed by atoms with Crippen molar-refractivity contribution in [1.29, 1.82) is 0 Å². The van der Waals surface area contributed by atoms with E-state index in [0.29, 0.717) is 5.41 Å². The molecule has 3 heterocycles. The highest BCUT2D eigenvalue weighted by molar-refractivity contribution is 5.73. The van der Waals surface area contributed by atoms with Gasteiger partial charge in [0.15, 0.2) is 0 Å². The lowest BCUT2D eigenvalue weighted by Crippen LogP contribution is -2.46. The average molecular weight is 262 g/mol. The molecule has 19 heavy (non-hydrogen) atoms. The van der Waals surface area contributed by atoms with E-state index in [9.17, 15) is 4.79 Å². The Morgan fingerprint density at radius 1 is 1.37 bits per heavy atom. The summed E-state index contributed by atoms with van der Waals surface area (Å²) in [6.07, 6.45) is 5.34. The predicted molar refractivity (Wildman–Crippen MR) is 72.5 cm³/mol. The van der Waals surface area contributed by atoms with E-state index in [1.165, 1.54) is 12.8 Å². The number of piperidine rings is 1. The Morgan fingerprint density at radius 2 is 2.26 bits per heavy atom. The van der Waals surface area contributed by atoms with Crippen LogP contribution in [0, 0.1) is 5.41 Å². The Hall–Kier alpha value is -1.29. The van der Waals surface area contributed by atoms with Gasteiger partial charge in [-0.25, -0.2) is 0 Å². The summed E-state index contributed by atoms with van der Waals surface area (Å²) in [5.41, 5.74) is 0.330. The second-order valence-electron chi connectivity index (χ2n) is 6.08. The minimum atomic E-state index is 0.226. The number of likely N-dealkylation sites (tertiary alicyclic amines) is 2. The van der Waals surface area contributed by atoms with Crippen molar-refractivity contribution in [3.8, 4) is 0 Å². The molecule has 1 amide bonds.